The van der Waals surface area contributed by atoms with Gasteiger partial charge in [-0.25, -0.2) is 4.39 Å². The van der Waals surface area contributed by atoms with Crippen molar-refractivity contribution in [1.29, 1.82) is 0 Å². The summed E-state index contributed by atoms with van der Waals surface area (Å²) >= 11 is 0. The lowest BCUT2D eigenvalue weighted by atomic mass is 9.97. The summed E-state index contributed by atoms with van der Waals surface area (Å²) in [6.45, 7) is 1.84. The number of hydrogen-bond donors (Lipinski definition) is 0. The van der Waals surface area contributed by atoms with Gasteiger partial charge in [-0.3, -0.25) is 14.4 Å². The van der Waals surface area contributed by atoms with Crippen LogP contribution in [0.3, 0.4) is 0 Å². The molecule has 0 aromatic heterocycles. The molecule has 146 valence electrons. The first-order chi connectivity index (χ1) is 13.5. The Labute approximate surface area is 163 Å². The number of esters is 1. The lowest BCUT2D eigenvalue weighted by Crippen LogP contribution is -2.30. The number of nitrogens with zero attached hydrogens (tertiary/aromatic N) is 1. The number of hydrogen-bond acceptors (Lipinski definition) is 4. The third kappa shape index (κ3) is 5.61. The van der Waals surface area contributed by atoms with E-state index in [4.69, 9.17) is 4.74 Å². The Morgan fingerprint density at radius 3 is 2.43 bits per heavy atom. The highest BCUT2D eigenvalue weighted by molar-refractivity contribution is 6.09. The first kappa shape index (κ1) is 21.0. The number of likely N-dealkylation sites (N-methyl/N-ethyl adjacent to an activating group) is 1. The van der Waals surface area contributed by atoms with E-state index < -0.39 is 17.7 Å². The highest BCUT2D eigenvalue weighted by Gasteiger charge is 2.22. The molecule has 0 bridgehead atoms. The normalized spacial score (nSPS) is 11.4. The first-order valence-electron chi connectivity index (χ1n) is 8.86. The van der Waals surface area contributed by atoms with Crippen LogP contribution in [0.5, 0.6) is 0 Å². The minimum atomic E-state index is -0.587. The average Bonchev–Trinajstić information content (AvgIpc) is 2.70. The van der Waals surface area contributed by atoms with Crippen molar-refractivity contribution in [2.75, 3.05) is 18.6 Å². The Balaban J connectivity index is 2.43. The van der Waals surface area contributed by atoms with Crippen LogP contribution in [0.1, 0.15) is 18.9 Å². The molecule has 0 saturated heterocycles. The molecule has 2 aromatic rings. The van der Waals surface area contributed by atoms with E-state index in [0.717, 1.165) is 5.56 Å². The smallest absolute Gasteiger partial charge is 0.310 e. The van der Waals surface area contributed by atoms with Crippen molar-refractivity contribution in [3.8, 4) is 0 Å². The maximum Gasteiger partial charge on any atom is 0.310 e. The lowest BCUT2D eigenvalue weighted by molar-refractivity contribution is -0.142. The molecule has 0 fully saturated rings. The standard InChI is InChI=1S/C22H22FNO4/c1-3-28-21(26)13-17(15-25)20(12-16-8-5-4-6-9-16)22(27)24(2)19-11-7-10-18(23)14-19/h4-11,14-15H,3,12-13H2,1-2H3/b20-17-. The van der Waals surface area contributed by atoms with E-state index in [1.165, 1.54) is 30.1 Å². The topological polar surface area (TPSA) is 63.7 Å². The van der Waals surface area contributed by atoms with Gasteiger partial charge in [0.2, 0.25) is 0 Å². The van der Waals surface area contributed by atoms with Gasteiger partial charge in [-0.1, -0.05) is 36.4 Å². The summed E-state index contributed by atoms with van der Waals surface area (Å²) in [7, 11) is 1.49. The summed E-state index contributed by atoms with van der Waals surface area (Å²) in [5.41, 5.74) is 1.37. The largest absolute Gasteiger partial charge is 0.466 e. The van der Waals surface area contributed by atoms with Crippen molar-refractivity contribution in [2.24, 2.45) is 0 Å². The van der Waals surface area contributed by atoms with Crippen LogP contribution in [0.4, 0.5) is 10.1 Å². The maximum atomic E-state index is 13.6. The van der Waals surface area contributed by atoms with Gasteiger partial charge in [-0.05, 0) is 30.7 Å². The molecular weight excluding hydrogens is 361 g/mol. The quantitative estimate of drug-likeness (QED) is 0.398. The molecule has 0 aliphatic rings. The molecule has 1 amide bonds. The van der Waals surface area contributed by atoms with Crippen LogP contribution in [0.25, 0.3) is 0 Å². The summed E-state index contributed by atoms with van der Waals surface area (Å²) < 4.78 is 18.5. The second-order valence-corrected chi connectivity index (χ2v) is 6.11. The molecule has 5 nitrogen and oxygen atoms in total. The van der Waals surface area contributed by atoms with Crippen LogP contribution in [-0.4, -0.2) is 31.8 Å². The van der Waals surface area contributed by atoms with Crippen molar-refractivity contribution >= 4 is 23.9 Å². The minimum Gasteiger partial charge on any atom is -0.466 e. The number of ether oxygens (including phenoxy) is 1. The van der Waals surface area contributed by atoms with Gasteiger partial charge in [0.1, 0.15) is 12.1 Å². The molecule has 0 spiro atoms. The van der Waals surface area contributed by atoms with Crippen LogP contribution >= 0.6 is 0 Å². The minimum absolute atomic E-state index is 0.0514. The molecule has 0 aliphatic heterocycles. The average molecular weight is 383 g/mol. The van der Waals surface area contributed by atoms with Crippen molar-refractivity contribution in [3.05, 3.63) is 77.1 Å². The van der Waals surface area contributed by atoms with Gasteiger partial charge in [0.25, 0.3) is 5.91 Å². The Hall–Kier alpha value is -3.28. The molecule has 0 N–H and O–H groups in total. The number of halogens is 1. The van der Waals surface area contributed by atoms with Crippen LogP contribution in [0, 0.1) is 5.82 Å². The van der Waals surface area contributed by atoms with E-state index in [-0.39, 0.29) is 30.6 Å². The molecule has 2 aromatic carbocycles. The molecule has 2 rings (SSSR count). The van der Waals surface area contributed by atoms with Gasteiger partial charge in [0.05, 0.1) is 13.0 Å². The molecule has 0 unspecified atom stereocenters. The van der Waals surface area contributed by atoms with Gasteiger partial charge >= 0.3 is 5.97 Å². The van der Waals surface area contributed by atoms with Crippen molar-refractivity contribution < 1.29 is 23.5 Å². The zero-order valence-electron chi connectivity index (χ0n) is 15.9. The lowest BCUT2D eigenvalue weighted by Gasteiger charge is -2.21. The summed E-state index contributed by atoms with van der Waals surface area (Å²) in [6.07, 6.45) is 0.363. The number of carbonyl (C=O) groups excluding carboxylic acids is 3. The van der Waals surface area contributed by atoms with Crippen LogP contribution < -0.4 is 4.90 Å². The Morgan fingerprint density at radius 1 is 1.11 bits per heavy atom. The monoisotopic (exact) mass is 383 g/mol. The van der Waals surface area contributed by atoms with E-state index in [0.29, 0.717) is 12.0 Å². The van der Waals surface area contributed by atoms with Crippen LogP contribution in [0.2, 0.25) is 0 Å². The predicted molar refractivity (Wildman–Crippen MR) is 104 cm³/mol. The fourth-order valence-electron chi connectivity index (χ4n) is 2.72. The fraction of sp³-hybridized carbons (Fsp3) is 0.227. The third-order valence-electron chi connectivity index (χ3n) is 4.15. The van der Waals surface area contributed by atoms with Gasteiger partial charge in [-0.2, -0.15) is 0 Å². The number of amides is 1. The van der Waals surface area contributed by atoms with E-state index in [2.05, 4.69) is 0 Å². The summed E-state index contributed by atoms with van der Waals surface area (Å²) in [4.78, 5) is 38.0. The molecule has 0 radical (unpaired) electrons. The second-order valence-electron chi connectivity index (χ2n) is 6.11. The van der Waals surface area contributed by atoms with E-state index in [1.54, 1.807) is 13.0 Å². The van der Waals surface area contributed by atoms with Crippen molar-refractivity contribution in [1.82, 2.24) is 0 Å². The number of benzene rings is 2. The molecule has 6 heteroatoms. The van der Waals surface area contributed by atoms with Crippen molar-refractivity contribution in [3.63, 3.8) is 0 Å². The Morgan fingerprint density at radius 2 is 1.82 bits per heavy atom. The van der Waals surface area contributed by atoms with Gasteiger partial charge in [0.15, 0.2) is 0 Å². The zero-order valence-corrected chi connectivity index (χ0v) is 15.9. The Kier molecular flexibility index (Phi) is 7.63. The zero-order chi connectivity index (χ0) is 20.5. The third-order valence-corrected chi connectivity index (χ3v) is 4.15. The van der Waals surface area contributed by atoms with E-state index in [1.807, 2.05) is 30.3 Å². The predicted octanol–water partition coefficient (Wildman–Crippen LogP) is 3.48. The number of rotatable bonds is 8. The Bertz CT molecular complexity index is 877. The van der Waals surface area contributed by atoms with Crippen molar-refractivity contribution in [2.45, 2.75) is 19.8 Å². The second kappa shape index (κ2) is 10.2. The summed E-state index contributed by atoms with van der Waals surface area (Å²) in [5, 5.41) is 0. The van der Waals surface area contributed by atoms with Crippen LogP contribution in [0.15, 0.2) is 65.7 Å². The summed E-state index contributed by atoms with van der Waals surface area (Å²) in [5.74, 6) is -1.55. The van der Waals surface area contributed by atoms with E-state index in [9.17, 15) is 18.8 Å². The molecule has 0 heterocycles. The highest BCUT2D eigenvalue weighted by atomic mass is 19.1. The molecule has 0 saturated carbocycles. The number of carbonyl (C=O) groups is 3. The molecule has 0 atom stereocenters. The van der Waals surface area contributed by atoms with Gasteiger partial charge in [-0.15, -0.1) is 0 Å². The fourth-order valence-corrected chi connectivity index (χ4v) is 2.72. The molecule has 28 heavy (non-hydrogen) atoms. The number of anilines is 1. The van der Waals surface area contributed by atoms with Crippen LogP contribution in [-0.2, 0) is 25.5 Å². The first-order valence-corrected chi connectivity index (χ1v) is 8.86. The summed E-state index contributed by atoms with van der Waals surface area (Å²) in [6, 6.07) is 14.7. The molecule has 0 aliphatic carbocycles. The number of aldehydes is 1. The van der Waals surface area contributed by atoms with E-state index >= 15 is 0 Å². The van der Waals surface area contributed by atoms with Gasteiger partial charge < -0.3 is 9.64 Å². The maximum absolute atomic E-state index is 13.6. The van der Waals surface area contributed by atoms with Gasteiger partial charge in [0, 0.05) is 30.3 Å². The molecular formula is C22H22FNO4. The SMILES string of the molecule is CCOC(=O)C/C(C=O)=C(\Cc1ccccc1)C(=O)N(C)c1cccc(F)c1. The highest BCUT2D eigenvalue weighted by Crippen LogP contribution is 2.21.